The van der Waals surface area contributed by atoms with Gasteiger partial charge < -0.3 is 9.64 Å². The fourth-order valence-corrected chi connectivity index (χ4v) is 6.52. The standard InChI is InChI=1S/C22H31NO2/c1-15-6-19(21(24)25-3)4-5-20(15)13-23(2)14-22-10-16-7-17(11-22)9-18(8-16)12-22/h4-6,16-18H,7-14H2,1-3H3. The normalized spacial score (nSPS) is 33.0. The Balaban J connectivity index is 1.42. The van der Waals surface area contributed by atoms with Crippen LogP contribution in [0.25, 0.3) is 0 Å². The van der Waals surface area contributed by atoms with Crippen LogP contribution >= 0.6 is 0 Å². The zero-order valence-corrected chi connectivity index (χ0v) is 15.9. The molecule has 4 aliphatic carbocycles. The highest BCUT2D eigenvalue weighted by Crippen LogP contribution is 2.60. The molecule has 0 amide bonds. The summed E-state index contributed by atoms with van der Waals surface area (Å²) in [5, 5.41) is 0. The van der Waals surface area contributed by atoms with Crippen molar-refractivity contribution < 1.29 is 9.53 Å². The third-order valence-corrected chi connectivity index (χ3v) is 6.97. The van der Waals surface area contributed by atoms with E-state index in [1.807, 2.05) is 12.1 Å². The maximum absolute atomic E-state index is 11.7. The summed E-state index contributed by atoms with van der Waals surface area (Å²) in [6, 6.07) is 5.95. The highest BCUT2D eigenvalue weighted by Gasteiger charge is 2.50. The van der Waals surface area contributed by atoms with E-state index in [9.17, 15) is 4.79 Å². The Morgan fingerprint density at radius 3 is 2.28 bits per heavy atom. The van der Waals surface area contributed by atoms with Crippen molar-refractivity contribution in [2.45, 2.75) is 52.0 Å². The molecule has 25 heavy (non-hydrogen) atoms. The summed E-state index contributed by atoms with van der Waals surface area (Å²) in [6.07, 6.45) is 8.92. The van der Waals surface area contributed by atoms with Crippen LogP contribution in [0.15, 0.2) is 18.2 Å². The predicted molar refractivity (Wildman–Crippen MR) is 99.5 cm³/mol. The average molecular weight is 341 g/mol. The summed E-state index contributed by atoms with van der Waals surface area (Å²) >= 11 is 0. The molecule has 136 valence electrons. The molecule has 0 aromatic heterocycles. The Morgan fingerprint density at radius 1 is 1.16 bits per heavy atom. The van der Waals surface area contributed by atoms with Crippen LogP contribution < -0.4 is 0 Å². The van der Waals surface area contributed by atoms with E-state index in [0.29, 0.717) is 11.0 Å². The van der Waals surface area contributed by atoms with Crippen LogP contribution in [-0.2, 0) is 11.3 Å². The van der Waals surface area contributed by atoms with Gasteiger partial charge in [-0.1, -0.05) is 6.07 Å². The molecule has 4 bridgehead atoms. The predicted octanol–water partition coefficient (Wildman–Crippen LogP) is 4.43. The van der Waals surface area contributed by atoms with Crippen LogP contribution in [0.2, 0.25) is 0 Å². The summed E-state index contributed by atoms with van der Waals surface area (Å²) in [5.74, 6) is 2.79. The van der Waals surface area contributed by atoms with Crippen molar-refractivity contribution in [3.63, 3.8) is 0 Å². The lowest BCUT2D eigenvalue weighted by Crippen LogP contribution is -2.50. The molecule has 1 aromatic carbocycles. The summed E-state index contributed by atoms with van der Waals surface area (Å²) in [6.45, 7) is 4.30. The average Bonchev–Trinajstić information content (AvgIpc) is 2.54. The summed E-state index contributed by atoms with van der Waals surface area (Å²) in [4.78, 5) is 14.2. The highest BCUT2D eigenvalue weighted by molar-refractivity contribution is 5.89. The number of ether oxygens (including phenoxy) is 1. The second-order valence-electron chi connectivity index (χ2n) is 9.22. The number of benzene rings is 1. The SMILES string of the molecule is COC(=O)c1ccc(CN(C)CC23CC4CC(CC(C4)C2)C3)c(C)c1. The molecule has 5 rings (SSSR count). The second-order valence-corrected chi connectivity index (χ2v) is 9.22. The number of carbonyl (C=O) groups excluding carboxylic acids is 1. The van der Waals surface area contributed by atoms with Crippen molar-refractivity contribution >= 4 is 5.97 Å². The number of aryl methyl sites for hydroxylation is 1. The minimum atomic E-state index is -0.253. The van der Waals surface area contributed by atoms with E-state index >= 15 is 0 Å². The summed E-state index contributed by atoms with van der Waals surface area (Å²) in [7, 11) is 3.71. The Bertz CT molecular complexity index is 631. The van der Waals surface area contributed by atoms with Gasteiger partial charge in [0.25, 0.3) is 0 Å². The van der Waals surface area contributed by atoms with Crippen LogP contribution in [0.3, 0.4) is 0 Å². The fraction of sp³-hybridized carbons (Fsp3) is 0.682. The molecular formula is C22H31NO2. The van der Waals surface area contributed by atoms with Gasteiger partial charge in [-0.05, 0) is 98.9 Å². The van der Waals surface area contributed by atoms with E-state index < -0.39 is 0 Å². The first kappa shape index (κ1) is 17.1. The van der Waals surface area contributed by atoms with Gasteiger partial charge in [-0.2, -0.15) is 0 Å². The van der Waals surface area contributed by atoms with Crippen LogP contribution in [0.1, 0.15) is 60.0 Å². The second kappa shape index (κ2) is 6.42. The minimum absolute atomic E-state index is 0.253. The van der Waals surface area contributed by atoms with Crippen molar-refractivity contribution in [3.8, 4) is 0 Å². The summed E-state index contributed by atoms with van der Waals surface area (Å²) in [5.41, 5.74) is 3.73. The first-order chi connectivity index (χ1) is 12.0. The van der Waals surface area contributed by atoms with Gasteiger partial charge in [0.15, 0.2) is 0 Å². The van der Waals surface area contributed by atoms with Crippen molar-refractivity contribution in [1.29, 1.82) is 0 Å². The number of esters is 1. The number of rotatable bonds is 5. The first-order valence-electron chi connectivity index (χ1n) is 9.83. The smallest absolute Gasteiger partial charge is 0.337 e. The lowest BCUT2D eigenvalue weighted by atomic mass is 9.49. The molecule has 4 aliphatic rings. The van der Waals surface area contributed by atoms with Crippen LogP contribution in [-0.4, -0.2) is 31.6 Å². The molecular weight excluding hydrogens is 310 g/mol. The largest absolute Gasteiger partial charge is 0.465 e. The number of nitrogens with zero attached hydrogens (tertiary/aromatic N) is 1. The maximum atomic E-state index is 11.7. The Morgan fingerprint density at radius 2 is 1.76 bits per heavy atom. The van der Waals surface area contributed by atoms with Crippen molar-refractivity contribution in [2.24, 2.45) is 23.2 Å². The Hall–Kier alpha value is -1.35. The maximum Gasteiger partial charge on any atom is 0.337 e. The number of hydrogen-bond acceptors (Lipinski definition) is 3. The quantitative estimate of drug-likeness (QED) is 0.742. The molecule has 0 saturated heterocycles. The van der Waals surface area contributed by atoms with Gasteiger partial charge in [0, 0.05) is 13.1 Å². The zero-order valence-electron chi connectivity index (χ0n) is 15.9. The first-order valence-corrected chi connectivity index (χ1v) is 9.83. The van der Waals surface area contributed by atoms with Gasteiger partial charge in [-0.3, -0.25) is 0 Å². The molecule has 1 aromatic rings. The van der Waals surface area contributed by atoms with E-state index in [4.69, 9.17) is 4.74 Å². The number of methoxy groups -OCH3 is 1. The summed E-state index contributed by atoms with van der Waals surface area (Å²) < 4.78 is 4.82. The van der Waals surface area contributed by atoms with Gasteiger partial charge in [0.2, 0.25) is 0 Å². The molecule has 0 radical (unpaired) electrons. The van der Waals surface area contributed by atoms with Gasteiger partial charge in [0.1, 0.15) is 0 Å². The lowest BCUT2D eigenvalue weighted by molar-refractivity contribution is -0.0670. The van der Waals surface area contributed by atoms with Gasteiger partial charge >= 0.3 is 5.97 Å². The van der Waals surface area contributed by atoms with E-state index in [2.05, 4.69) is 24.9 Å². The molecule has 4 fully saturated rings. The molecule has 0 aliphatic heterocycles. The lowest BCUT2D eigenvalue weighted by Gasteiger charge is -2.57. The monoisotopic (exact) mass is 341 g/mol. The Kier molecular flexibility index (Phi) is 4.39. The van der Waals surface area contributed by atoms with E-state index in [1.165, 1.54) is 63.3 Å². The topological polar surface area (TPSA) is 29.5 Å². The molecule has 0 N–H and O–H groups in total. The molecule has 0 unspecified atom stereocenters. The third kappa shape index (κ3) is 3.36. The van der Waals surface area contributed by atoms with Crippen LogP contribution in [0, 0.1) is 30.1 Å². The van der Waals surface area contributed by atoms with Crippen LogP contribution in [0.4, 0.5) is 0 Å². The molecule has 0 spiro atoms. The van der Waals surface area contributed by atoms with Gasteiger partial charge in [-0.25, -0.2) is 4.79 Å². The van der Waals surface area contributed by atoms with E-state index in [1.54, 1.807) is 0 Å². The molecule has 3 heteroatoms. The molecule has 0 atom stereocenters. The van der Waals surface area contributed by atoms with Crippen molar-refractivity contribution in [3.05, 3.63) is 34.9 Å². The highest BCUT2D eigenvalue weighted by atomic mass is 16.5. The third-order valence-electron chi connectivity index (χ3n) is 6.97. The molecule has 3 nitrogen and oxygen atoms in total. The van der Waals surface area contributed by atoms with Crippen LogP contribution in [0.5, 0.6) is 0 Å². The number of hydrogen-bond donors (Lipinski definition) is 0. The Labute approximate surface area is 151 Å². The van der Waals surface area contributed by atoms with Gasteiger partial charge in [0.05, 0.1) is 12.7 Å². The minimum Gasteiger partial charge on any atom is -0.465 e. The van der Waals surface area contributed by atoms with Gasteiger partial charge in [-0.15, -0.1) is 0 Å². The molecule has 0 heterocycles. The van der Waals surface area contributed by atoms with E-state index in [0.717, 1.165) is 24.3 Å². The fourth-order valence-electron chi connectivity index (χ4n) is 6.52. The van der Waals surface area contributed by atoms with E-state index in [-0.39, 0.29) is 5.97 Å². The van der Waals surface area contributed by atoms with Crippen molar-refractivity contribution in [2.75, 3.05) is 20.7 Å². The zero-order chi connectivity index (χ0) is 17.6. The number of carbonyl (C=O) groups is 1. The van der Waals surface area contributed by atoms with Crippen molar-refractivity contribution in [1.82, 2.24) is 4.90 Å². The molecule has 4 saturated carbocycles.